The number of carbonyl (C=O) groups excluding carboxylic acids is 1. The van der Waals surface area contributed by atoms with E-state index in [0.29, 0.717) is 18.2 Å². The quantitative estimate of drug-likeness (QED) is 0.750. The molecule has 23 heavy (non-hydrogen) atoms. The van der Waals surface area contributed by atoms with Gasteiger partial charge in [0.05, 0.1) is 0 Å². The third-order valence-corrected chi connectivity index (χ3v) is 5.46. The second-order valence-corrected chi connectivity index (χ2v) is 7.15. The first kappa shape index (κ1) is 16.1. The van der Waals surface area contributed by atoms with Gasteiger partial charge in [0, 0.05) is 30.2 Å². The first-order valence-corrected chi connectivity index (χ1v) is 9.32. The number of likely N-dealkylation sites (tertiary alicyclic amines) is 1. The third-order valence-electron chi connectivity index (χ3n) is 4.45. The van der Waals surface area contributed by atoms with Gasteiger partial charge in [-0.2, -0.15) is 0 Å². The zero-order valence-electron chi connectivity index (χ0n) is 13.4. The van der Waals surface area contributed by atoms with Crippen LogP contribution in [0.5, 0.6) is 0 Å². The van der Waals surface area contributed by atoms with Gasteiger partial charge < -0.3 is 4.90 Å². The minimum absolute atomic E-state index is 0.306. The number of hydrogen-bond donors (Lipinski definition) is 0. The van der Waals surface area contributed by atoms with E-state index in [0.717, 1.165) is 31.7 Å². The van der Waals surface area contributed by atoms with E-state index in [1.54, 1.807) is 11.8 Å². The third kappa shape index (κ3) is 4.61. The molecule has 0 unspecified atom stereocenters. The van der Waals surface area contributed by atoms with E-state index in [1.165, 1.54) is 10.5 Å². The van der Waals surface area contributed by atoms with Crippen molar-refractivity contribution in [1.82, 2.24) is 4.90 Å². The van der Waals surface area contributed by atoms with Gasteiger partial charge in [0.1, 0.15) is 0 Å². The summed E-state index contributed by atoms with van der Waals surface area (Å²) in [7, 11) is 0. The number of amides is 1. The average molecular weight is 325 g/mol. The maximum absolute atomic E-state index is 12.3. The van der Waals surface area contributed by atoms with Crippen LogP contribution in [0.15, 0.2) is 65.6 Å². The molecule has 0 aromatic heterocycles. The van der Waals surface area contributed by atoms with Crippen molar-refractivity contribution in [1.29, 1.82) is 0 Å². The minimum atomic E-state index is 0.306. The van der Waals surface area contributed by atoms with E-state index in [2.05, 4.69) is 42.5 Å². The van der Waals surface area contributed by atoms with Crippen LogP contribution < -0.4 is 0 Å². The molecule has 1 fully saturated rings. The summed E-state index contributed by atoms with van der Waals surface area (Å²) >= 11 is 1.76. The fourth-order valence-electron chi connectivity index (χ4n) is 3.12. The molecule has 0 saturated carbocycles. The molecule has 3 rings (SSSR count). The average Bonchev–Trinajstić information content (AvgIpc) is 2.63. The predicted molar refractivity (Wildman–Crippen MR) is 96.8 cm³/mol. The van der Waals surface area contributed by atoms with Crippen molar-refractivity contribution in [3.63, 3.8) is 0 Å². The van der Waals surface area contributed by atoms with Gasteiger partial charge >= 0.3 is 0 Å². The Hall–Kier alpha value is -1.74. The van der Waals surface area contributed by atoms with Crippen LogP contribution in [0, 0.1) is 0 Å². The molecular formula is C20H23NOS. The Kier molecular flexibility index (Phi) is 5.76. The SMILES string of the molecule is O=C(CCSc1ccccc1)N1CCC(c2ccccc2)CC1. The summed E-state index contributed by atoms with van der Waals surface area (Å²) in [5, 5.41) is 0. The molecule has 0 bridgehead atoms. The van der Waals surface area contributed by atoms with Gasteiger partial charge in [-0.05, 0) is 36.5 Å². The fraction of sp³-hybridized carbons (Fsp3) is 0.350. The van der Waals surface area contributed by atoms with Crippen LogP contribution >= 0.6 is 11.8 Å². The molecular weight excluding hydrogens is 302 g/mol. The lowest BCUT2D eigenvalue weighted by atomic mass is 9.89. The first-order chi connectivity index (χ1) is 11.3. The van der Waals surface area contributed by atoms with Gasteiger partial charge in [-0.1, -0.05) is 48.5 Å². The van der Waals surface area contributed by atoms with Gasteiger partial charge in [0.2, 0.25) is 5.91 Å². The topological polar surface area (TPSA) is 20.3 Å². The van der Waals surface area contributed by atoms with Crippen molar-refractivity contribution in [2.45, 2.75) is 30.1 Å². The second kappa shape index (κ2) is 8.21. The standard InChI is InChI=1S/C20H23NOS/c22-20(13-16-23-19-9-5-2-6-10-19)21-14-11-18(12-15-21)17-7-3-1-4-8-17/h1-10,18H,11-16H2. The molecule has 0 aliphatic carbocycles. The van der Waals surface area contributed by atoms with Gasteiger partial charge in [-0.3, -0.25) is 4.79 Å². The Bertz CT molecular complexity index is 606. The van der Waals surface area contributed by atoms with Crippen molar-refractivity contribution in [2.24, 2.45) is 0 Å². The second-order valence-electron chi connectivity index (χ2n) is 5.98. The molecule has 0 radical (unpaired) electrons. The maximum Gasteiger partial charge on any atom is 0.223 e. The molecule has 0 atom stereocenters. The van der Waals surface area contributed by atoms with Crippen LogP contribution in [0.25, 0.3) is 0 Å². The summed E-state index contributed by atoms with van der Waals surface area (Å²) in [5.41, 5.74) is 1.42. The summed E-state index contributed by atoms with van der Waals surface area (Å²) in [5.74, 6) is 1.78. The van der Waals surface area contributed by atoms with Gasteiger partial charge in [0.25, 0.3) is 0 Å². The van der Waals surface area contributed by atoms with Crippen LogP contribution in [0.3, 0.4) is 0 Å². The van der Waals surface area contributed by atoms with Gasteiger partial charge in [-0.25, -0.2) is 0 Å². The monoisotopic (exact) mass is 325 g/mol. The van der Waals surface area contributed by atoms with Crippen molar-refractivity contribution >= 4 is 17.7 Å². The highest BCUT2D eigenvalue weighted by atomic mass is 32.2. The predicted octanol–water partition coefficient (Wildman–Crippen LogP) is 4.58. The highest BCUT2D eigenvalue weighted by molar-refractivity contribution is 7.99. The van der Waals surface area contributed by atoms with Gasteiger partial charge in [-0.15, -0.1) is 11.8 Å². The van der Waals surface area contributed by atoms with E-state index in [9.17, 15) is 4.79 Å². The highest BCUT2D eigenvalue weighted by Crippen LogP contribution is 2.28. The van der Waals surface area contributed by atoms with Crippen molar-refractivity contribution in [2.75, 3.05) is 18.8 Å². The Morgan fingerprint density at radius 3 is 2.22 bits per heavy atom. The molecule has 0 spiro atoms. The largest absolute Gasteiger partial charge is 0.343 e. The fourth-order valence-corrected chi connectivity index (χ4v) is 3.98. The number of nitrogens with zero attached hydrogens (tertiary/aromatic N) is 1. The van der Waals surface area contributed by atoms with Crippen LogP contribution in [-0.2, 0) is 4.79 Å². The lowest BCUT2D eigenvalue weighted by Gasteiger charge is -2.32. The van der Waals surface area contributed by atoms with Crippen molar-refractivity contribution in [3.05, 3.63) is 66.2 Å². The van der Waals surface area contributed by atoms with Crippen molar-refractivity contribution in [3.8, 4) is 0 Å². The summed E-state index contributed by atoms with van der Waals surface area (Å²) in [6.07, 6.45) is 2.80. The summed E-state index contributed by atoms with van der Waals surface area (Å²) in [6, 6.07) is 21.0. The molecule has 3 heteroatoms. The Morgan fingerprint density at radius 1 is 0.957 bits per heavy atom. The lowest BCUT2D eigenvalue weighted by molar-refractivity contribution is -0.131. The number of hydrogen-bond acceptors (Lipinski definition) is 2. The first-order valence-electron chi connectivity index (χ1n) is 8.33. The van der Waals surface area contributed by atoms with Gasteiger partial charge in [0.15, 0.2) is 0 Å². The zero-order valence-corrected chi connectivity index (χ0v) is 14.2. The molecule has 0 N–H and O–H groups in total. The molecule has 1 saturated heterocycles. The number of rotatable bonds is 5. The number of thioether (sulfide) groups is 1. The Morgan fingerprint density at radius 2 is 1.57 bits per heavy atom. The van der Waals surface area contributed by atoms with E-state index in [4.69, 9.17) is 0 Å². The van der Waals surface area contributed by atoms with Crippen molar-refractivity contribution < 1.29 is 4.79 Å². The van der Waals surface area contributed by atoms with Crippen LogP contribution in [-0.4, -0.2) is 29.6 Å². The Labute approximate surface area is 142 Å². The molecule has 120 valence electrons. The Balaban J connectivity index is 1.41. The van der Waals surface area contributed by atoms with E-state index < -0.39 is 0 Å². The molecule has 1 heterocycles. The lowest BCUT2D eigenvalue weighted by Crippen LogP contribution is -2.38. The number of carbonyl (C=O) groups is 1. The molecule has 1 aliphatic rings. The summed E-state index contributed by atoms with van der Waals surface area (Å²) in [4.78, 5) is 15.6. The zero-order chi connectivity index (χ0) is 15.9. The van der Waals surface area contributed by atoms with Crippen LogP contribution in [0.1, 0.15) is 30.7 Å². The van der Waals surface area contributed by atoms with Crippen LogP contribution in [0.2, 0.25) is 0 Å². The highest BCUT2D eigenvalue weighted by Gasteiger charge is 2.23. The minimum Gasteiger partial charge on any atom is -0.343 e. The molecule has 1 aliphatic heterocycles. The smallest absolute Gasteiger partial charge is 0.223 e. The van der Waals surface area contributed by atoms with E-state index in [-0.39, 0.29) is 0 Å². The summed E-state index contributed by atoms with van der Waals surface area (Å²) in [6.45, 7) is 1.79. The summed E-state index contributed by atoms with van der Waals surface area (Å²) < 4.78 is 0. The maximum atomic E-state index is 12.3. The molecule has 1 amide bonds. The molecule has 2 aromatic rings. The molecule has 2 aromatic carbocycles. The van der Waals surface area contributed by atoms with E-state index >= 15 is 0 Å². The molecule has 2 nitrogen and oxygen atoms in total. The number of piperidine rings is 1. The van der Waals surface area contributed by atoms with E-state index in [1.807, 2.05) is 23.1 Å². The van der Waals surface area contributed by atoms with Crippen LogP contribution in [0.4, 0.5) is 0 Å². The normalized spacial score (nSPS) is 15.6. The number of benzene rings is 2.